The lowest BCUT2D eigenvalue weighted by Gasteiger charge is -2.31. The molecule has 268 valence electrons. The fourth-order valence-electron chi connectivity index (χ4n) is 8.36. The standard InChI is InChI=1S/C38H44ClFN6O4Si/c1-24-35(51(2,3)40)34(17-19-45-22-32(43-44-45)29(23-47)26-8-5-4-6-9-26)50-38(24)30-20-27(39)13-16-33(30)46(37(38)49)21-25-11-14-28(15-12-25)42-36(48)31-10-7-18-41-31/h4-6,8-9,11-16,20,22,24,29,31,34-35,41,47H,7,10,17-19,21,23H2,1-3H3,(H,42,48)/t24-,29?,31-,34+,35-,38+/m1/s1. The number of aliphatic hydroxyl groups is 1. The van der Waals surface area contributed by atoms with E-state index in [4.69, 9.17) is 16.3 Å². The van der Waals surface area contributed by atoms with Crippen molar-refractivity contribution in [3.8, 4) is 0 Å². The van der Waals surface area contributed by atoms with Crippen LogP contribution in [0.4, 0.5) is 15.5 Å². The Morgan fingerprint density at radius 2 is 1.94 bits per heavy atom. The molecule has 1 spiro atoms. The van der Waals surface area contributed by atoms with Crippen LogP contribution in [0, 0.1) is 5.92 Å². The number of hydrogen-bond donors (Lipinski definition) is 3. The van der Waals surface area contributed by atoms with Gasteiger partial charge in [0, 0.05) is 40.5 Å². The lowest BCUT2D eigenvalue weighted by Crippen LogP contribution is -2.45. The number of aromatic nitrogens is 3. The number of carbonyl (C=O) groups excluding carboxylic acids is 2. The van der Waals surface area contributed by atoms with E-state index in [2.05, 4.69) is 20.9 Å². The predicted octanol–water partition coefficient (Wildman–Crippen LogP) is 6.16. The molecule has 3 aliphatic rings. The van der Waals surface area contributed by atoms with Crippen LogP contribution >= 0.6 is 11.6 Å². The van der Waals surface area contributed by atoms with Crippen LogP contribution in [0.5, 0.6) is 0 Å². The van der Waals surface area contributed by atoms with Crippen molar-refractivity contribution >= 4 is 43.2 Å². The molecule has 4 aromatic rings. The summed E-state index contributed by atoms with van der Waals surface area (Å²) in [7, 11) is -3.38. The molecule has 3 aliphatic heterocycles. The summed E-state index contributed by atoms with van der Waals surface area (Å²) in [6, 6.07) is 22.4. The number of amides is 2. The van der Waals surface area contributed by atoms with Crippen molar-refractivity contribution in [1.82, 2.24) is 20.3 Å². The number of halogens is 2. The van der Waals surface area contributed by atoms with Gasteiger partial charge in [-0.05, 0) is 80.4 Å². The Hall–Kier alpha value is -3.94. The van der Waals surface area contributed by atoms with E-state index in [0.717, 1.165) is 30.5 Å². The highest BCUT2D eigenvalue weighted by Crippen LogP contribution is 2.60. The van der Waals surface area contributed by atoms with Crippen LogP contribution in [0.2, 0.25) is 23.7 Å². The molecule has 2 amide bonds. The highest BCUT2D eigenvalue weighted by Gasteiger charge is 2.66. The van der Waals surface area contributed by atoms with Crippen molar-refractivity contribution in [2.45, 2.75) is 81.6 Å². The third-order valence-electron chi connectivity index (χ3n) is 10.8. The van der Waals surface area contributed by atoms with E-state index in [1.807, 2.05) is 73.8 Å². The molecule has 0 saturated carbocycles. The number of nitrogens with zero attached hydrogens (tertiary/aromatic N) is 4. The largest absolute Gasteiger partial charge is 0.395 e. The van der Waals surface area contributed by atoms with E-state index < -0.39 is 31.6 Å². The third kappa shape index (κ3) is 6.75. The van der Waals surface area contributed by atoms with Gasteiger partial charge in [-0.3, -0.25) is 14.3 Å². The average molecular weight is 731 g/mol. The molecule has 13 heteroatoms. The summed E-state index contributed by atoms with van der Waals surface area (Å²) in [5.41, 5.74) is 2.60. The normalized spacial score (nSPS) is 25.1. The second kappa shape index (κ2) is 14.2. The lowest BCUT2D eigenvalue weighted by atomic mass is 9.82. The van der Waals surface area contributed by atoms with Gasteiger partial charge >= 0.3 is 0 Å². The first kappa shape index (κ1) is 35.5. The molecule has 3 N–H and O–H groups in total. The second-order valence-corrected chi connectivity index (χ2v) is 18.7. The molecule has 1 unspecified atom stereocenters. The molecule has 10 nitrogen and oxygen atoms in total. The number of ether oxygens (including phenoxy) is 1. The van der Waals surface area contributed by atoms with Crippen molar-refractivity contribution in [1.29, 1.82) is 0 Å². The van der Waals surface area contributed by atoms with E-state index in [-0.39, 0.29) is 36.9 Å². The zero-order chi connectivity index (χ0) is 35.9. The molecule has 0 bridgehead atoms. The van der Waals surface area contributed by atoms with Crippen LogP contribution in [0.1, 0.15) is 54.5 Å². The number of rotatable bonds is 11. The minimum Gasteiger partial charge on any atom is -0.395 e. The van der Waals surface area contributed by atoms with Gasteiger partial charge in [-0.15, -0.1) is 5.10 Å². The zero-order valence-electron chi connectivity index (χ0n) is 29.1. The first-order valence-electron chi connectivity index (χ1n) is 17.7. The first-order valence-corrected chi connectivity index (χ1v) is 21.0. The summed E-state index contributed by atoms with van der Waals surface area (Å²) in [5.74, 6) is -1.07. The smallest absolute Gasteiger partial charge is 0.264 e. The van der Waals surface area contributed by atoms with Crippen LogP contribution in [0.15, 0.2) is 79.0 Å². The topological polar surface area (TPSA) is 122 Å². The number of anilines is 2. The van der Waals surface area contributed by atoms with E-state index in [1.54, 1.807) is 34.8 Å². The second-order valence-electron chi connectivity index (χ2n) is 14.5. The molecular weight excluding hydrogens is 687 g/mol. The van der Waals surface area contributed by atoms with Crippen molar-refractivity contribution in [2.24, 2.45) is 5.92 Å². The summed E-state index contributed by atoms with van der Waals surface area (Å²) in [5, 5.41) is 25.5. The molecule has 6 atom stereocenters. The van der Waals surface area contributed by atoms with E-state index in [1.165, 1.54) is 0 Å². The zero-order valence-corrected chi connectivity index (χ0v) is 30.8. The Balaban J connectivity index is 1.12. The van der Waals surface area contributed by atoms with E-state index >= 15 is 4.11 Å². The quantitative estimate of drug-likeness (QED) is 0.125. The number of aryl methyl sites for hydroxylation is 1. The van der Waals surface area contributed by atoms with Gasteiger partial charge in [0.25, 0.3) is 5.91 Å². The highest BCUT2D eigenvalue weighted by atomic mass is 35.5. The maximum Gasteiger partial charge on any atom is 0.264 e. The number of benzene rings is 3. The van der Waals surface area contributed by atoms with Gasteiger partial charge in [0.2, 0.25) is 14.3 Å². The summed E-state index contributed by atoms with van der Waals surface area (Å²) >= 11 is 6.56. The van der Waals surface area contributed by atoms with Crippen LogP contribution in [0.3, 0.4) is 0 Å². The van der Waals surface area contributed by atoms with Gasteiger partial charge in [0.15, 0.2) is 5.60 Å². The van der Waals surface area contributed by atoms with Crippen LogP contribution < -0.4 is 15.5 Å². The third-order valence-corrected chi connectivity index (χ3v) is 13.5. The number of fused-ring (bicyclic) bond motifs is 2. The van der Waals surface area contributed by atoms with Gasteiger partial charge in [0.05, 0.1) is 42.6 Å². The predicted molar refractivity (Wildman–Crippen MR) is 197 cm³/mol. The van der Waals surface area contributed by atoms with Crippen molar-refractivity contribution in [2.75, 3.05) is 23.4 Å². The maximum atomic E-state index is 16.4. The Bertz CT molecular complexity index is 1880. The number of nitrogens with one attached hydrogen (secondary N) is 2. The molecule has 2 saturated heterocycles. The molecule has 0 radical (unpaired) electrons. The Kier molecular flexibility index (Phi) is 9.89. The van der Waals surface area contributed by atoms with Crippen LogP contribution in [-0.2, 0) is 33.0 Å². The molecule has 7 rings (SSSR count). The highest BCUT2D eigenvalue weighted by molar-refractivity contribution is 6.72. The van der Waals surface area contributed by atoms with E-state index in [0.29, 0.717) is 40.6 Å². The van der Waals surface area contributed by atoms with Crippen molar-refractivity contribution < 1.29 is 23.5 Å². The van der Waals surface area contributed by atoms with Gasteiger partial charge in [-0.1, -0.05) is 66.2 Å². The number of carbonyl (C=O) groups is 2. The first-order chi connectivity index (χ1) is 24.5. The summed E-state index contributed by atoms with van der Waals surface area (Å²) < 4.78 is 25.0. The number of aliphatic hydroxyl groups excluding tert-OH is 1. The maximum absolute atomic E-state index is 16.4. The van der Waals surface area contributed by atoms with Gasteiger partial charge in [-0.2, -0.15) is 0 Å². The molecule has 4 heterocycles. The molecule has 51 heavy (non-hydrogen) atoms. The summed E-state index contributed by atoms with van der Waals surface area (Å²) in [6.45, 7) is 6.69. The summed E-state index contributed by atoms with van der Waals surface area (Å²) in [6.07, 6.45) is 3.47. The van der Waals surface area contributed by atoms with E-state index in [9.17, 15) is 14.7 Å². The van der Waals surface area contributed by atoms with Crippen molar-refractivity contribution in [3.63, 3.8) is 0 Å². The molecule has 2 fully saturated rings. The Labute approximate surface area is 303 Å². The van der Waals surface area contributed by atoms with Gasteiger partial charge in [0.1, 0.15) is 0 Å². The fourth-order valence-corrected chi connectivity index (χ4v) is 11.1. The van der Waals surface area contributed by atoms with Gasteiger partial charge < -0.3 is 29.5 Å². The SMILES string of the molecule is C[C@@H]1[C@@H]([Si](C)(C)F)[C@H](CCn2cc(C(CO)c3ccccc3)nn2)O[C@@]12C(=O)N(Cc1ccc(NC(=O)[C@H]3CCCN3)cc1)c1ccc(Cl)cc12. The molecule has 3 aromatic carbocycles. The lowest BCUT2D eigenvalue weighted by molar-refractivity contribution is -0.146. The molecular formula is C38H44ClFN6O4Si. The minimum atomic E-state index is -3.38. The Morgan fingerprint density at radius 3 is 2.63 bits per heavy atom. The minimum absolute atomic E-state index is 0.0515. The fraction of sp³-hybridized carbons (Fsp3) is 0.421. The van der Waals surface area contributed by atoms with Crippen molar-refractivity contribution in [3.05, 3.63) is 106 Å². The van der Waals surface area contributed by atoms with Crippen LogP contribution in [0.25, 0.3) is 0 Å². The molecule has 0 aliphatic carbocycles. The molecule has 1 aromatic heterocycles. The Morgan fingerprint density at radius 1 is 1.18 bits per heavy atom. The number of hydrogen-bond acceptors (Lipinski definition) is 7. The average Bonchev–Trinajstić information content (AvgIpc) is 3.91. The summed E-state index contributed by atoms with van der Waals surface area (Å²) in [4.78, 5) is 29.1. The van der Waals surface area contributed by atoms with Crippen LogP contribution in [-0.4, -0.2) is 65.6 Å². The monoisotopic (exact) mass is 730 g/mol. The van der Waals surface area contributed by atoms with Gasteiger partial charge in [-0.25, -0.2) is 0 Å².